The quantitative estimate of drug-likeness (QED) is 0.859. The van der Waals surface area contributed by atoms with Gasteiger partial charge in [-0.05, 0) is 0 Å². The van der Waals surface area contributed by atoms with Crippen LogP contribution in [-0.4, -0.2) is 34.7 Å². The molecule has 0 saturated carbocycles. The number of urea groups is 1. The van der Waals surface area contributed by atoms with Gasteiger partial charge in [0.1, 0.15) is 17.2 Å². The second-order valence-electron chi connectivity index (χ2n) is 4.92. The number of ether oxygens (including phenoxy) is 2. The number of hydrogen-bond acceptors (Lipinski definition) is 7. The highest BCUT2D eigenvalue weighted by atomic mass is 32.1. The van der Waals surface area contributed by atoms with E-state index < -0.39 is 0 Å². The third kappa shape index (κ3) is 4.21. The molecular formula is C14H17N5O3S. The molecule has 9 heteroatoms. The zero-order chi connectivity index (χ0) is 16.1. The molecule has 23 heavy (non-hydrogen) atoms. The molecule has 0 unspecified atom stereocenters. The lowest BCUT2D eigenvalue weighted by atomic mass is 10.2. The molecule has 1 aliphatic heterocycles. The van der Waals surface area contributed by atoms with Crippen molar-refractivity contribution in [1.82, 2.24) is 20.3 Å². The van der Waals surface area contributed by atoms with Crippen molar-refractivity contribution in [2.45, 2.75) is 26.2 Å². The van der Waals surface area contributed by atoms with Gasteiger partial charge in [0, 0.05) is 19.6 Å². The van der Waals surface area contributed by atoms with Gasteiger partial charge in [-0.2, -0.15) is 0 Å². The molecule has 2 aromatic heterocycles. The van der Waals surface area contributed by atoms with Crippen molar-refractivity contribution in [1.29, 1.82) is 0 Å². The van der Waals surface area contributed by atoms with E-state index in [-0.39, 0.29) is 6.03 Å². The van der Waals surface area contributed by atoms with Crippen LogP contribution in [-0.2, 0) is 35.7 Å². The Morgan fingerprint density at radius 2 is 2.39 bits per heavy atom. The van der Waals surface area contributed by atoms with Crippen molar-refractivity contribution < 1.29 is 14.3 Å². The van der Waals surface area contributed by atoms with Crippen LogP contribution in [0.4, 0.5) is 10.6 Å². The monoisotopic (exact) mass is 335 g/mol. The third-order valence-corrected chi connectivity index (χ3v) is 4.27. The average Bonchev–Trinajstić information content (AvgIpc) is 2.96. The predicted molar refractivity (Wildman–Crippen MR) is 84.1 cm³/mol. The Balaban J connectivity index is 1.53. The van der Waals surface area contributed by atoms with E-state index in [2.05, 4.69) is 25.6 Å². The molecule has 8 nitrogen and oxygen atoms in total. The molecule has 122 valence electrons. The number of rotatable bonds is 5. The first kappa shape index (κ1) is 15.8. The SMILES string of the molecule is COCc1cc(NC(=O)NCc2nc3c(s2)COCC3)ncn1. The van der Waals surface area contributed by atoms with Gasteiger partial charge >= 0.3 is 6.03 Å². The van der Waals surface area contributed by atoms with Crippen LogP contribution < -0.4 is 10.6 Å². The molecule has 0 aliphatic carbocycles. The highest BCUT2D eigenvalue weighted by Gasteiger charge is 2.15. The summed E-state index contributed by atoms with van der Waals surface area (Å²) in [6, 6.07) is 1.33. The Bertz CT molecular complexity index is 667. The van der Waals surface area contributed by atoms with E-state index in [1.54, 1.807) is 24.5 Å². The average molecular weight is 335 g/mol. The fourth-order valence-electron chi connectivity index (χ4n) is 2.16. The minimum atomic E-state index is -0.337. The molecular weight excluding hydrogens is 318 g/mol. The van der Waals surface area contributed by atoms with Crippen LogP contribution in [0.2, 0.25) is 0 Å². The Hall–Kier alpha value is -2.10. The summed E-state index contributed by atoms with van der Waals surface area (Å²) in [6.45, 7) is 2.06. The van der Waals surface area contributed by atoms with E-state index in [4.69, 9.17) is 9.47 Å². The maximum atomic E-state index is 11.9. The number of methoxy groups -OCH3 is 1. The second kappa shape index (κ2) is 7.44. The summed E-state index contributed by atoms with van der Waals surface area (Å²) in [4.78, 5) is 25.6. The number of anilines is 1. The first-order valence-corrected chi connectivity index (χ1v) is 7.96. The standard InChI is InChI=1S/C14H17N5O3S/c1-21-6-9-4-12(17-8-16-9)19-14(20)15-5-13-18-10-2-3-22-7-11(10)23-13/h4,8H,2-3,5-7H2,1H3,(H2,15,16,17,19,20). The third-order valence-electron chi connectivity index (χ3n) is 3.20. The number of carbonyl (C=O) groups excluding carboxylic acids is 1. The maximum Gasteiger partial charge on any atom is 0.320 e. The molecule has 0 radical (unpaired) electrons. The van der Waals surface area contributed by atoms with Crippen molar-refractivity contribution in [3.63, 3.8) is 0 Å². The molecule has 0 bridgehead atoms. The van der Waals surface area contributed by atoms with Crippen LogP contribution in [0.1, 0.15) is 21.3 Å². The smallest absolute Gasteiger partial charge is 0.320 e. The first-order valence-electron chi connectivity index (χ1n) is 7.14. The summed E-state index contributed by atoms with van der Waals surface area (Å²) in [5, 5.41) is 6.32. The largest absolute Gasteiger partial charge is 0.378 e. The van der Waals surface area contributed by atoms with Crippen molar-refractivity contribution in [3.05, 3.63) is 33.7 Å². The van der Waals surface area contributed by atoms with Crippen LogP contribution in [0.3, 0.4) is 0 Å². The van der Waals surface area contributed by atoms with Gasteiger partial charge in [-0.25, -0.2) is 19.7 Å². The van der Waals surface area contributed by atoms with Crippen LogP contribution >= 0.6 is 11.3 Å². The number of thiazole rings is 1. The molecule has 0 aromatic carbocycles. The highest BCUT2D eigenvalue weighted by molar-refractivity contribution is 7.11. The lowest BCUT2D eigenvalue weighted by Gasteiger charge is -2.08. The molecule has 0 saturated heterocycles. The van der Waals surface area contributed by atoms with Gasteiger partial charge in [0.2, 0.25) is 0 Å². The topological polar surface area (TPSA) is 98.3 Å². The van der Waals surface area contributed by atoms with Crippen molar-refractivity contribution in [3.8, 4) is 0 Å². The zero-order valence-corrected chi connectivity index (χ0v) is 13.5. The molecule has 3 rings (SSSR count). The first-order chi connectivity index (χ1) is 11.2. The Kier molecular flexibility index (Phi) is 5.11. The summed E-state index contributed by atoms with van der Waals surface area (Å²) in [5.74, 6) is 0.427. The Labute approximate surface area is 137 Å². The van der Waals surface area contributed by atoms with E-state index >= 15 is 0 Å². The minimum Gasteiger partial charge on any atom is -0.378 e. The van der Waals surface area contributed by atoms with Gasteiger partial charge in [-0.3, -0.25) is 5.32 Å². The van der Waals surface area contributed by atoms with Gasteiger partial charge < -0.3 is 14.8 Å². The predicted octanol–water partition coefficient (Wildman–Crippen LogP) is 1.47. The lowest BCUT2D eigenvalue weighted by Crippen LogP contribution is -2.28. The molecule has 2 amide bonds. The van der Waals surface area contributed by atoms with E-state index in [9.17, 15) is 4.79 Å². The van der Waals surface area contributed by atoms with Crippen molar-refractivity contribution >= 4 is 23.2 Å². The van der Waals surface area contributed by atoms with Gasteiger partial charge in [-0.15, -0.1) is 11.3 Å². The Morgan fingerprint density at radius 1 is 1.48 bits per heavy atom. The maximum absolute atomic E-state index is 11.9. The fourth-order valence-corrected chi connectivity index (χ4v) is 3.16. The zero-order valence-electron chi connectivity index (χ0n) is 12.7. The molecule has 0 atom stereocenters. The molecule has 2 aromatic rings. The number of hydrogen-bond donors (Lipinski definition) is 2. The Morgan fingerprint density at radius 3 is 3.22 bits per heavy atom. The van der Waals surface area contributed by atoms with Crippen LogP contribution in [0.15, 0.2) is 12.4 Å². The van der Waals surface area contributed by atoms with Gasteiger partial charge in [0.05, 0.1) is 42.6 Å². The highest BCUT2D eigenvalue weighted by Crippen LogP contribution is 2.23. The number of nitrogens with one attached hydrogen (secondary N) is 2. The number of amides is 2. The van der Waals surface area contributed by atoms with E-state index in [1.807, 2.05) is 0 Å². The molecule has 0 fully saturated rings. The van der Waals surface area contributed by atoms with E-state index in [1.165, 1.54) is 6.33 Å². The van der Waals surface area contributed by atoms with Crippen LogP contribution in [0.5, 0.6) is 0 Å². The normalized spacial score (nSPS) is 13.4. The summed E-state index contributed by atoms with van der Waals surface area (Å²) in [5.41, 5.74) is 1.78. The number of fused-ring (bicyclic) bond motifs is 1. The van der Waals surface area contributed by atoms with E-state index in [0.29, 0.717) is 37.9 Å². The number of carbonyl (C=O) groups is 1. The van der Waals surface area contributed by atoms with Gasteiger partial charge in [-0.1, -0.05) is 0 Å². The molecule has 2 N–H and O–H groups in total. The molecule has 3 heterocycles. The summed E-state index contributed by atoms with van der Waals surface area (Å²) >= 11 is 1.57. The van der Waals surface area contributed by atoms with Gasteiger partial charge in [0.25, 0.3) is 0 Å². The number of aromatic nitrogens is 3. The summed E-state index contributed by atoms with van der Waals surface area (Å²) < 4.78 is 10.4. The van der Waals surface area contributed by atoms with E-state index in [0.717, 1.165) is 22.0 Å². The second-order valence-corrected chi connectivity index (χ2v) is 6.08. The van der Waals surface area contributed by atoms with Gasteiger partial charge in [0.15, 0.2) is 0 Å². The summed E-state index contributed by atoms with van der Waals surface area (Å²) in [6.07, 6.45) is 2.22. The van der Waals surface area contributed by atoms with Crippen molar-refractivity contribution in [2.75, 3.05) is 19.0 Å². The minimum absolute atomic E-state index is 0.337. The lowest BCUT2D eigenvalue weighted by molar-refractivity contribution is 0.112. The van der Waals surface area contributed by atoms with Crippen LogP contribution in [0.25, 0.3) is 0 Å². The fraction of sp³-hybridized carbons (Fsp3) is 0.429. The molecule has 0 spiro atoms. The summed E-state index contributed by atoms with van der Waals surface area (Å²) in [7, 11) is 1.58. The van der Waals surface area contributed by atoms with Crippen molar-refractivity contribution in [2.24, 2.45) is 0 Å². The van der Waals surface area contributed by atoms with Crippen LogP contribution in [0, 0.1) is 0 Å². The number of nitrogens with zero attached hydrogens (tertiary/aromatic N) is 3. The molecule has 1 aliphatic rings.